The summed E-state index contributed by atoms with van der Waals surface area (Å²) in [6.45, 7) is 1.99. The average Bonchev–Trinajstić information content (AvgIpc) is 2.39. The van der Waals surface area contributed by atoms with Gasteiger partial charge in [-0.15, -0.1) is 0 Å². The van der Waals surface area contributed by atoms with Gasteiger partial charge in [0, 0.05) is 4.90 Å². The van der Waals surface area contributed by atoms with Crippen LogP contribution in [-0.4, -0.2) is 15.3 Å². The predicted octanol–water partition coefficient (Wildman–Crippen LogP) is 3.00. The fourth-order valence-electron chi connectivity index (χ4n) is 1.79. The van der Waals surface area contributed by atoms with Crippen LogP contribution in [0.5, 0.6) is 0 Å². The van der Waals surface area contributed by atoms with Crippen LogP contribution in [0.4, 0.5) is 0 Å². The van der Waals surface area contributed by atoms with Crippen LogP contribution in [0.1, 0.15) is 21.5 Å². The van der Waals surface area contributed by atoms with Crippen molar-refractivity contribution in [1.29, 1.82) is 0 Å². The lowest BCUT2D eigenvalue weighted by atomic mass is 10.2. The maximum atomic E-state index is 12.2. The van der Waals surface area contributed by atoms with Gasteiger partial charge in [0.15, 0.2) is 0 Å². The molecule has 0 aliphatic heterocycles. The molecule has 0 radical (unpaired) electrons. The third-order valence-electron chi connectivity index (χ3n) is 2.74. The fraction of sp³-hybridized carbons (Fsp3) is 0.133. The Morgan fingerprint density at radius 1 is 1.16 bits per heavy atom. The molecule has 0 heterocycles. The number of rotatable bonds is 4. The van der Waals surface area contributed by atoms with Gasteiger partial charge in [-0.3, -0.25) is 4.21 Å². The molecule has 0 aromatic heterocycles. The van der Waals surface area contributed by atoms with E-state index in [0.717, 1.165) is 11.1 Å². The molecule has 1 atom stereocenters. The molecule has 0 saturated carbocycles. The highest BCUT2D eigenvalue weighted by molar-refractivity contribution is 7.84. The molecule has 1 unspecified atom stereocenters. The van der Waals surface area contributed by atoms with Crippen molar-refractivity contribution in [2.24, 2.45) is 0 Å². The summed E-state index contributed by atoms with van der Waals surface area (Å²) in [6.07, 6.45) is 0. The molecule has 0 fully saturated rings. The molecule has 3 nitrogen and oxygen atoms in total. The number of hydrogen-bond donors (Lipinski definition) is 1. The SMILES string of the molecule is Cc1cccc(CS(=O)c2ccc(C(=O)O)cc2)c1. The summed E-state index contributed by atoms with van der Waals surface area (Å²) in [4.78, 5) is 11.4. The van der Waals surface area contributed by atoms with E-state index in [0.29, 0.717) is 10.6 Å². The van der Waals surface area contributed by atoms with Crippen molar-refractivity contribution in [1.82, 2.24) is 0 Å². The molecule has 0 amide bonds. The third kappa shape index (κ3) is 3.51. The van der Waals surface area contributed by atoms with Crippen LogP contribution in [0.3, 0.4) is 0 Å². The minimum absolute atomic E-state index is 0.205. The first-order valence-electron chi connectivity index (χ1n) is 5.83. The van der Waals surface area contributed by atoms with Crippen molar-refractivity contribution in [3.63, 3.8) is 0 Å². The molecule has 0 saturated heterocycles. The quantitative estimate of drug-likeness (QED) is 0.932. The number of aromatic carboxylic acids is 1. The summed E-state index contributed by atoms with van der Waals surface area (Å²) in [5, 5.41) is 8.80. The average molecular weight is 274 g/mol. The molecule has 2 rings (SSSR count). The Hall–Kier alpha value is -1.94. The van der Waals surface area contributed by atoms with Gasteiger partial charge < -0.3 is 5.11 Å². The van der Waals surface area contributed by atoms with E-state index in [2.05, 4.69) is 0 Å². The molecular formula is C15H14O3S. The van der Waals surface area contributed by atoms with Gasteiger partial charge in [-0.2, -0.15) is 0 Å². The van der Waals surface area contributed by atoms with Crippen LogP contribution in [0, 0.1) is 6.92 Å². The zero-order valence-electron chi connectivity index (χ0n) is 10.5. The summed E-state index contributed by atoms with van der Waals surface area (Å²) in [5.74, 6) is -0.537. The summed E-state index contributed by atoms with van der Waals surface area (Å²) < 4.78 is 12.2. The molecule has 98 valence electrons. The number of benzene rings is 2. The van der Waals surface area contributed by atoms with E-state index in [9.17, 15) is 9.00 Å². The highest BCUT2D eigenvalue weighted by Gasteiger charge is 2.07. The second-order valence-corrected chi connectivity index (χ2v) is 5.76. The lowest BCUT2D eigenvalue weighted by Crippen LogP contribution is -1.99. The summed E-state index contributed by atoms with van der Waals surface area (Å²) >= 11 is 0. The van der Waals surface area contributed by atoms with Crippen molar-refractivity contribution >= 4 is 16.8 Å². The van der Waals surface area contributed by atoms with Crippen molar-refractivity contribution in [3.8, 4) is 0 Å². The maximum absolute atomic E-state index is 12.2. The van der Waals surface area contributed by atoms with Crippen LogP contribution in [0.25, 0.3) is 0 Å². The van der Waals surface area contributed by atoms with Crippen molar-refractivity contribution in [3.05, 3.63) is 65.2 Å². The van der Waals surface area contributed by atoms with E-state index in [1.807, 2.05) is 31.2 Å². The first-order chi connectivity index (χ1) is 9.06. The van der Waals surface area contributed by atoms with Crippen molar-refractivity contribution in [2.45, 2.75) is 17.6 Å². The minimum atomic E-state index is -1.16. The number of carbonyl (C=O) groups is 1. The van der Waals surface area contributed by atoms with Crippen molar-refractivity contribution < 1.29 is 14.1 Å². The minimum Gasteiger partial charge on any atom is -0.478 e. The zero-order chi connectivity index (χ0) is 13.8. The molecule has 0 aliphatic carbocycles. The summed E-state index contributed by atoms with van der Waals surface area (Å²) in [5.41, 5.74) is 2.35. The Bertz CT molecular complexity index is 618. The first-order valence-corrected chi connectivity index (χ1v) is 7.15. The summed E-state index contributed by atoms with van der Waals surface area (Å²) in [6, 6.07) is 14.0. The largest absolute Gasteiger partial charge is 0.478 e. The molecule has 19 heavy (non-hydrogen) atoms. The summed E-state index contributed by atoms with van der Waals surface area (Å²) in [7, 11) is -1.16. The normalized spacial score (nSPS) is 12.1. The van der Waals surface area contributed by atoms with Gasteiger partial charge in [0.25, 0.3) is 0 Å². The number of aryl methyl sites for hydroxylation is 1. The van der Waals surface area contributed by atoms with Crippen molar-refractivity contribution in [2.75, 3.05) is 0 Å². The van der Waals surface area contributed by atoms with E-state index in [1.54, 1.807) is 12.1 Å². The van der Waals surface area contributed by atoms with Gasteiger partial charge in [0.2, 0.25) is 0 Å². The lowest BCUT2D eigenvalue weighted by Gasteiger charge is -2.04. The van der Waals surface area contributed by atoms with Crippen LogP contribution >= 0.6 is 0 Å². The second kappa shape index (κ2) is 5.80. The van der Waals surface area contributed by atoms with E-state index in [-0.39, 0.29) is 5.56 Å². The van der Waals surface area contributed by atoms with E-state index < -0.39 is 16.8 Å². The smallest absolute Gasteiger partial charge is 0.335 e. The molecule has 1 N–H and O–H groups in total. The Balaban J connectivity index is 2.14. The molecule has 0 spiro atoms. The second-order valence-electron chi connectivity index (χ2n) is 4.31. The first kappa shape index (κ1) is 13.5. The third-order valence-corrected chi connectivity index (χ3v) is 4.14. The number of hydrogen-bond acceptors (Lipinski definition) is 2. The van der Waals surface area contributed by atoms with Gasteiger partial charge in [-0.25, -0.2) is 4.79 Å². The van der Waals surface area contributed by atoms with E-state index >= 15 is 0 Å². The van der Waals surface area contributed by atoms with Gasteiger partial charge in [0.05, 0.1) is 22.1 Å². The van der Waals surface area contributed by atoms with Gasteiger partial charge >= 0.3 is 5.97 Å². The molecule has 2 aromatic rings. The topological polar surface area (TPSA) is 54.4 Å². The Kier molecular flexibility index (Phi) is 4.12. The molecule has 2 aromatic carbocycles. The Morgan fingerprint density at radius 3 is 2.42 bits per heavy atom. The van der Waals surface area contributed by atoms with Gasteiger partial charge in [0.1, 0.15) is 0 Å². The van der Waals surface area contributed by atoms with Crippen LogP contribution in [0.2, 0.25) is 0 Å². The standard InChI is InChI=1S/C15H14O3S/c1-11-3-2-4-12(9-11)10-19(18)14-7-5-13(6-8-14)15(16)17/h2-9H,10H2,1H3,(H,16,17). The van der Waals surface area contributed by atoms with Crippen LogP contribution in [0.15, 0.2) is 53.4 Å². The van der Waals surface area contributed by atoms with Gasteiger partial charge in [-0.1, -0.05) is 29.8 Å². The van der Waals surface area contributed by atoms with E-state index in [4.69, 9.17) is 5.11 Å². The lowest BCUT2D eigenvalue weighted by molar-refractivity contribution is 0.0697. The van der Waals surface area contributed by atoms with Gasteiger partial charge in [-0.05, 0) is 36.8 Å². The highest BCUT2D eigenvalue weighted by atomic mass is 32.2. The molecule has 0 aliphatic rings. The van der Waals surface area contributed by atoms with E-state index in [1.165, 1.54) is 12.1 Å². The Morgan fingerprint density at radius 2 is 1.84 bits per heavy atom. The monoisotopic (exact) mass is 274 g/mol. The molecule has 0 bridgehead atoms. The maximum Gasteiger partial charge on any atom is 0.335 e. The fourth-order valence-corrected chi connectivity index (χ4v) is 2.87. The zero-order valence-corrected chi connectivity index (χ0v) is 11.3. The van der Waals surface area contributed by atoms with Crippen LogP contribution < -0.4 is 0 Å². The molecular weight excluding hydrogens is 260 g/mol. The predicted molar refractivity (Wildman–Crippen MR) is 74.7 cm³/mol. The number of carboxylic acids is 1. The number of carboxylic acid groups (broad SMARTS) is 1. The molecule has 4 heteroatoms. The Labute approximate surface area is 114 Å². The van der Waals surface area contributed by atoms with Crippen LogP contribution in [-0.2, 0) is 16.6 Å². The highest BCUT2D eigenvalue weighted by Crippen LogP contribution is 2.14.